The predicted molar refractivity (Wildman–Crippen MR) is 190 cm³/mol. The molecule has 50 heavy (non-hydrogen) atoms. The van der Waals surface area contributed by atoms with Crippen molar-refractivity contribution in [2.24, 2.45) is 38.7 Å². The van der Waals surface area contributed by atoms with Crippen molar-refractivity contribution in [3.63, 3.8) is 0 Å². The number of nitrogens with two attached hydrogens (primary N) is 5. The highest BCUT2D eigenvalue weighted by Gasteiger charge is 2.38. The zero-order valence-corrected chi connectivity index (χ0v) is 28.7. The van der Waals surface area contributed by atoms with Crippen molar-refractivity contribution in [3.8, 4) is 0 Å². The standard InChI is InChI=1S/C33H46ClN11O5/c1-19(46)42-24(8-4-14-40-32(36)37)29(48)43-25(9-5-15-41-33(38)39)30(49)44-26(16-20-10-12-23(34)13-11-20)31(50)45-18-22-7-3-2-6-21(22)17-27(45)28(35)47/h2-3,6-7,10-13,24-27H,4-5,8-9,14-18H2,1H3,(H2,35,47)(H,42,46)(H,43,48)(H,44,49)(H4,36,37,40)(H4,38,39,41)/t24-,25-,26+,27+/m0/s1. The molecule has 0 saturated carbocycles. The number of rotatable bonds is 17. The first-order chi connectivity index (χ1) is 23.7. The van der Waals surface area contributed by atoms with Crippen LogP contribution in [0.15, 0.2) is 58.5 Å². The monoisotopic (exact) mass is 711 g/mol. The van der Waals surface area contributed by atoms with Gasteiger partial charge in [0.2, 0.25) is 29.5 Å². The number of amides is 5. The summed E-state index contributed by atoms with van der Waals surface area (Å²) in [5, 5.41) is 8.61. The molecule has 13 N–H and O–H groups in total. The first kappa shape index (κ1) is 39.1. The van der Waals surface area contributed by atoms with E-state index in [9.17, 15) is 24.0 Å². The van der Waals surface area contributed by atoms with Crippen molar-refractivity contribution in [3.05, 3.63) is 70.2 Å². The summed E-state index contributed by atoms with van der Waals surface area (Å²) in [6.45, 7) is 1.75. The number of hydrogen-bond acceptors (Lipinski definition) is 7. The van der Waals surface area contributed by atoms with Crippen LogP contribution in [0.3, 0.4) is 0 Å². The molecule has 0 aromatic heterocycles. The lowest BCUT2D eigenvalue weighted by molar-refractivity contribution is -0.144. The van der Waals surface area contributed by atoms with E-state index in [0.717, 1.165) is 11.1 Å². The fraction of sp³-hybridized carbons (Fsp3) is 0.424. The number of carbonyl (C=O) groups is 5. The Balaban J connectivity index is 1.91. The molecule has 0 aliphatic carbocycles. The molecule has 0 fully saturated rings. The molecule has 0 unspecified atom stereocenters. The van der Waals surface area contributed by atoms with Crippen LogP contribution in [0.5, 0.6) is 0 Å². The van der Waals surface area contributed by atoms with Gasteiger partial charge in [-0.1, -0.05) is 48.0 Å². The number of halogens is 1. The molecule has 0 bridgehead atoms. The van der Waals surface area contributed by atoms with E-state index in [-0.39, 0.29) is 63.7 Å². The topological polar surface area (TPSA) is 280 Å². The third-order valence-corrected chi connectivity index (χ3v) is 8.30. The molecule has 1 heterocycles. The summed E-state index contributed by atoms with van der Waals surface area (Å²) in [5.74, 6) is -3.23. The molecule has 2 aromatic carbocycles. The van der Waals surface area contributed by atoms with E-state index in [4.69, 9.17) is 40.3 Å². The van der Waals surface area contributed by atoms with Crippen LogP contribution in [0.25, 0.3) is 0 Å². The van der Waals surface area contributed by atoms with Gasteiger partial charge in [0.05, 0.1) is 0 Å². The van der Waals surface area contributed by atoms with Gasteiger partial charge in [0.25, 0.3) is 0 Å². The van der Waals surface area contributed by atoms with Gasteiger partial charge >= 0.3 is 0 Å². The van der Waals surface area contributed by atoms with Gasteiger partial charge in [-0.25, -0.2) is 0 Å². The van der Waals surface area contributed by atoms with Crippen LogP contribution < -0.4 is 44.6 Å². The minimum Gasteiger partial charge on any atom is -0.370 e. The van der Waals surface area contributed by atoms with Crippen LogP contribution >= 0.6 is 11.6 Å². The quantitative estimate of drug-likeness (QED) is 0.0561. The van der Waals surface area contributed by atoms with E-state index in [1.807, 2.05) is 24.3 Å². The van der Waals surface area contributed by atoms with Crippen molar-refractivity contribution in [2.75, 3.05) is 13.1 Å². The normalized spacial score (nSPS) is 15.3. The molecule has 0 spiro atoms. The first-order valence-corrected chi connectivity index (χ1v) is 16.5. The maximum Gasteiger partial charge on any atom is 0.246 e. The Morgan fingerprint density at radius 1 is 0.780 bits per heavy atom. The third-order valence-electron chi connectivity index (χ3n) is 8.05. The molecular formula is C33H46ClN11O5. The van der Waals surface area contributed by atoms with Crippen molar-refractivity contribution in [1.82, 2.24) is 20.9 Å². The number of benzene rings is 2. The molecule has 3 rings (SSSR count). The number of nitrogens with one attached hydrogen (secondary N) is 3. The average Bonchev–Trinajstić information content (AvgIpc) is 3.06. The van der Waals surface area contributed by atoms with Crippen LogP contribution in [0.4, 0.5) is 0 Å². The predicted octanol–water partition coefficient (Wildman–Crippen LogP) is -1.10. The van der Waals surface area contributed by atoms with Gasteiger partial charge in [0.15, 0.2) is 11.9 Å². The minimum absolute atomic E-state index is 0.0410. The number of fused-ring (bicyclic) bond motifs is 1. The molecule has 1 aliphatic heterocycles. The van der Waals surface area contributed by atoms with Gasteiger partial charge in [-0.05, 0) is 54.5 Å². The smallest absolute Gasteiger partial charge is 0.246 e. The summed E-state index contributed by atoms with van der Waals surface area (Å²) >= 11 is 6.09. The van der Waals surface area contributed by atoms with Gasteiger partial charge in [-0.3, -0.25) is 34.0 Å². The SMILES string of the molecule is CC(=O)N[C@@H](CCCN=C(N)N)C(=O)N[C@@H](CCCN=C(N)N)C(=O)N[C@H](Cc1ccc(Cl)cc1)C(=O)N1Cc2ccccc2C[C@@H]1C(N)=O. The number of nitrogens with zero attached hydrogens (tertiary/aromatic N) is 3. The fourth-order valence-electron chi connectivity index (χ4n) is 5.60. The molecule has 1 aliphatic rings. The zero-order chi connectivity index (χ0) is 36.8. The summed E-state index contributed by atoms with van der Waals surface area (Å²) in [6.07, 6.45) is 1.16. The molecular weight excluding hydrogens is 666 g/mol. The van der Waals surface area contributed by atoms with Crippen LogP contribution in [-0.4, -0.2) is 83.6 Å². The Bertz CT molecular complexity index is 1580. The highest BCUT2D eigenvalue weighted by atomic mass is 35.5. The number of aliphatic imine (C=N–C) groups is 2. The molecule has 0 radical (unpaired) electrons. The molecule has 270 valence electrons. The van der Waals surface area contributed by atoms with E-state index in [2.05, 4.69) is 25.9 Å². The van der Waals surface area contributed by atoms with E-state index in [1.165, 1.54) is 11.8 Å². The second-order valence-electron chi connectivity index (χ2n) is 12.0. The number of guanidine groups is 2. The fourth-order valence-corrected chi connectivity index (χ4v) is 5.73. The van der Waals surface area contributed by atoms with Crippen molar-refractivity contribution < 1.29 is 24.0 Å². The maximum absolute atomic E-state index is 14.3. The third kappa shape index (κ3) is 12.3. The summed E-state index contributed by atoms with van der Waals surface area (Å²) in [4.78, 5) is 75.6. The molecule has 0 saturated heterocycles. The first-order valence-electron chi connectivity index (χ1n) is 16.1. The van der Waals surface area contributed by atoms with Crippen LogP contribution in [0, 0.1) is 0 Å². The Kier molecular flexibility index (Phi) is 14.8. The summed E-state index contributed by atoms with van der Waals surface area (Å²) in [7, 11) is 0. The molecule has 4 atom stereocenters. The molecule has 16 nitrogen and oxygen atoms in total. The second kappa shape index (κ2) is 19.0. The summed E-state index contributed by atoms with van der Waals surface area (Å²) < 4.78 is 0. The van der Waals surface area contributed by atoms with Crippen LogP contribution in [0.2, 0.25) is 5.02 Å². The molecule has 2 aromatic rings. The molecule has 5 amide bonds. The Labute approximate surface area is 295 Å². The molecule has 17 heteroatoms. The Morgan fingerprint density at radius 2 is 1.30 bits per heavy atom. The lowest BCUT2D eigenvalue weighted by Crippen LogP contribution is -2.60. The highest BCUT2D eigenvalue weighted by Crippen LogP contribution is 2.25. The van der Waals surface area contributed by atoms with Crippen molar-refractivity contribution in [1.29, 1.82) is 0 Å². The Hall–Kier alpha value is -5.38. The summed E-state index contributed by atoms with van der Waals surface area (Å²) in [5.41, 5.74) is 29.9. The zero-order valence-electron chi connectivity index (χ0n) is 27.9. The van der Waals surface area contributed by atoms with Crippen molar-refractivity contribution >= 4 is 53.1 Å². The van der Waals surface area contributed by atoms with Crippen LogP contribution in [-0.2, 0) is 43.4 Å². The van der Waals surface area contributed by atoms with Gasteiger partial charge < -0.3 is 49.5 Å². The number of hydrogen-bond donors (Lipinski definition) is 8. The number of carbonyl (C=O) groups excluding carboxylic acids is 5. The van der Waals surface area contributed by atoms with Gasteiger partial charge in [-0.15, -0.1) is 0 Å². The van der Waals surface area contributed by atoms with Gasteiger partial charge in [0.1, 0.15) is 24.2 Å². The number of primary amides is 1. The maximum atomic E-state index is 14.3. The lowest BCUT2D eigenvalue weighted by atomic mass is 9.92. The lowest BCUT2D eigenvalue weighted by Gasteiger charge is -2.37. The highest BCUT2D eigenvalue weighted by molar-refractivity contribution is 6.30. The van der Waals surface area contributed by atoms with E-state index in [1.54, 1.807) is 24.3 Å². The Morgan fingerprint density at radius 3 is 1.82 bits per heavy atom. The van der Waals surface area contributed by atoms with Crippen LogP contribution in [0.1, 0.15) is 49.3 Å². The second-order valence-corrected chi connectivity index (χ2v) is 12.4. The van der Waals surface area contributed by atoms with Gasteiger partial charge in [-0.2, -0.15) is 0 Å². The van der Waals surface area contributed by atoms with E-state index >= 15 is 0 Å². The largest absolute Gasteiger partial charge is 0.370 e. The van der Waals surface area contributed by atoms with Crippen molar-refractivity contribution in [2.45, 2.75) is 76.2 Å². The van der Waals surface area contributed by atoms with E-state index in [0.29, 0.717) is 17.0 Å². The minimum atomic E-state index is -1.17. The average molecular weight is 712 g/mol. The summed E-state index contributed by atoms with van der Waals surface area (Å²) in [6, 6.07) is 9.90. The van der Waals surface area contributed by atoms with E-state index < -0.39 is 53.7 Å². The van der Waals surface area contributed by atoms with Gasteiger partial charge in [0, 0.05) is 44.4 Å².